The van der Waals surface area contributed by atoms with Gasteiger partial charge in [-0.3, -0.25) is 4.79 Å². The van der Waals surface area contributed by atoms with Crippen LogP contribution in [-0.2, 0) is 0 Å². The highest BCUT2D eigenvalue weighted by molar-refractivity contribution is 6.30. The van der Waals surface area contributed by atoms with Gasteiger partial charge in [-0.1, -0.05) is 11.6 Å². The molecule has 138 valence electrons. The number of benzene rings is 2. The largest absolute Gasteiger partial charge is 0.383 e. The van der Waals surface area contributed by atoms with Gasteiger partial charge >= 0.3 is 0 Å². The van der Waals surface area contributed by atoms with Crippen molar-refractivity contribution in [3.63, 3.8) is 0 Å². The Morgan fingerprint density at radius 3 is 2.33 bits per heavy atom. The third-order valence-corrected chi connectivity index (χ3v) is 3.79. The van der Waals surface area contributed by atoms with Crippen LogP contribution in [0.1, 0.15) is 16.2 Å². The molecule has 0 aliphatic carbocycles. The molecule has 0 spiro atoms. The van der Waals surface area contributed by atoms with Crippen molar-refractivity contribution < 1.29 is 13.6 Å². The van der Waals surface area contributed by atoms with Crippen molar-refractivity contribution in [2.75, 3.05) is 14.1 Å². The van der Waals surface area contributed by atoms with Gasteiger partial charge in [-0.25, -0.2) is 8.78 Å². The smallest absolute Gasteiger partial charge is 0.198 e. The molecule has 9 heteroatoms. The Labute approximate surface area is 158 Å². The molecule has 3 aromatic rings. The molecule has 0 unspecified atom stereocenters. The average Bonchev–Trinajstić information content (AvgIpc) is 3.08. The number of hydrogen-bond acceptors (Lipinski definition) is 5. The van der Waals surface area contributed by atoms with Gasteiger partial charge in [0.2, 0.25) is 0 Å². The lowest BCUT2D eigenvalue weighted by molar-refractivity contribution is 0.105. The van der Waals surface area contributed by atoms with E-state index in [0.29, 0.717) is 16.8 Å². The predicted octanol–water partition coefficient (Wildman–Crippen LogP) is 3.38. The van der Waals surface area contributed by atoms with Crippen LogP contribution in [0, 0.1) is 11.6 Å². The molecule has 0 radical (unpaired) electrons. The standard InChI is InChI=1S/C18H14ClF2N5O/c1-25(2)10-16(17(27)11-7-13(20)9-14(21)8-11)18-22-23-24-26(18)15-5-3-12(19)4-6-15/h3-10H,1-2H3/b16-10-. The highest BCUT2D eigenvalue weighted by atomic mass is 35.5. The Hall–Kier alpha value is -3.13. The fourth-order valence-electron chi connectivity index (χ4n) is 2.43. The summed E-state index contributed by atoms with van der Waals surface area (Å²) >= 11 is 5.90. The third kappa shape index (κ3) is 4.17. The van der Waals surface area contributed by atoms with Gasteiger partial charge in [0.25, 0.3) is 0 Å². The molecular weight excluding hydrogens is 376 g/mol. The van der Waals surface area contributed by atoms with Crippen molar-refractivity contribution in [2.45, 2.75) is 0 Å². The molecule has 1 aromatic heterocycles. The minimum atomic E-state index is -0.847. The number of carbonyl (C=O) groups is 1. The van der Waals surface area contributed by atoms with Crippen LogP contribution in [0.3, 0.4) is 0 Å². The number of carbonyl (C=O) groups excluding carboxylic acids is 1. The Balaban J connectivity index is 2.11. The van der Waals surface area contributed by atoms with Crippen molar-refractivity contribution in [2.24, 2.45) is 0 Å². The van der Waals surface area contributed by atoms with E-state index < -0.39 is 17.4 Å². The molecule has 2 aromatic carbocycles. The lowest BCUT2D eigenvalue weighted by Gasteiger charge is -2.12. The van der Waals surface area contributed by atoms with Gasteiger partial charge < -0.3 is 4.90 Å². The minimum absolute atomic E-state index is 0.0740. The molecule has 6 nitrogen and oxygen atoms in total. The van der Waals surface area contributed by atoms with E-state index in [2.05, 4.69) is 15.5 Å². The van der Waals surface area contributed by atoms with Gasteiger partial charge in [0, 0.05) is 36.9 Å². The molecule has 0 fully saturated rings. The number of rotatable bonds is 5. The first-order valence-corrected chi connectivity index (χ1v) is 8.16. The van der Waals surface area contributed by atoms with Crippen LogP contribution in [0.25, 0.3) is 11.3 Å². The van der Waals surface area contributed by atoms with Gasteiger partial charge in [0.05, 0.1) is 11.3 Å². The van der Waals surface area contributed by atoms with Crippen LogP contribution in [0.2, 0.25) is 5.02 Å². The maximum Gasteiger partial charge on any atom is 0.198 e. The SMILES string of the molecule is CN(C)/C=C(/C(=O)c1cc(F)cc(F)c1)c1nnnn1-c1ccc(Cl)cc1. The van der Waals surface area contributed by atoms with Gasteiger partial charge in [-0.2, -0.15) is 4.68 Å². The molecule has 1 heterocycles. The summed E-state index contributed by atoms with van der Waals surface area (Å²) in [6.45, 7) is 0. The lowest BCUT2D eigenvalue weighted by Crippen LogP contribution is -2.14. The van der Waals surface area contributed by atoms with Crippen LogP contribution in [0.4, 0.5) is 8.78 Å². The normalized spacial score (nSPS) is 11.5. The number of hydrogen-bond donors (Lipinski definition) is 0. The summed E-state index contributed by atoms with van der Waals surface area (Å²) in [4.78, 5) is 14.6. The topological polar surface area (TPSA) is 63.9 Å². The average molecular weight is 390 g/mol. The molecule has 3 rings (SSSR count). The monoisotopic (exact) mass is 389 g/mol. The van der Waals surface area contributed by atoms with Crippen molar-refractivity contribution in [3.05, 3.63) is 76.7 Å². The van der Waals surface area contributed by atoms with Crippen LogP contribution in [-0.4, -0.2) is 45.0 Å². The van der Waals surface area contributed by atoms with Crippen molar-refractivity contribution in [3.8, 4) is 5.69 Å². The number of halogens is 3. The molecule has 0 saturated heterocycles. The van der Waals surface area contributed by atoms with Gasteiger partial charge in [0.15, 0.2) is 11.6 Å². The summed E-state index contributed by atoms with van der Waals surface area (Å²) < 4.78 is 28.5. The summed E-state index contributed by atoms with van der Waals surface area (Å²) in [5, 5.41) is 12.0. The van der Waals surface area contributed by atoms with Gasteiger partial charge in [0.1, 0.15) is 11.6 Å². The maximum absolute atomic E-state index is 13.6. The molecule has 0 saturated carbocycles. The number of tetrazole rings is 1. The van der Waals surface area contributed by atoms with Gasteiger partial charge in [-0.05, 0) is 46.8 Å². The molecule has 0 amide bonds. The van der Waals surface area contributed by atoms with Crippen LogP contribution < -0.4 is 0 Å². The van der Waals surface area contributed by atoms with E-state index in [0.717, 1.165) is 12.1 Å². The van der Waals surface area contributed by atoms with Crippen molar-refractivity contribution in [1.29, 1.82) is 0 Å². The second-order valence-electron chi connectivity index (χ2n) is 5.88. The Bertz CT molecular complexity index is 995. The van der Waals surface area contributed by atoms with Crippen LogP contribution in [0.5, 0.6) is 0 Å². The number of aromatic nitrogens is 4. The molecule has 0 bridgehead atoms. The molecular formula is C18H14ClF2N5O. The minimum Gasteiger partial charge on any atom is -0.383 e. The summed E-state index contributed by atoms with van der Waals surface area (Å²) in [7, 11) is 3.41. The second-order valence-corrected chi connectivity index (χ2v) is 6.32. The zero-order chi connectivity index (χ0) is 19.6. The van der Waals surface area contributed by atoms with E-state index >= 15 is 0 Å². The summed E-state index contributed by atoms with van der Waals surface area (Å²) in [5.74, 6) is -2.19. The van der Waals surface area contributed by atoms with Crippen LogP contribution in [0.15, 0.2) is 48.7 Å². The molecule has 0 atom stereocenters. The van der Waals surface area contributed by atoms with E-state index in [1.165, 1.54) is 10.9 Å². The van der Waals surface area contributed by atoms with E-state index in [4.69, 9.17) is 11.6 Å². The number of allylic oxidation sites excluding steroid dienone is 1. The van der Waals surface area contributed by atoms with E-state index in [-0.39, 0.29) is 17.0 Å². The quantitative estimate of drug-likeness (QED) is 0.494. The highest BCUT2D eigenvalue weighted by Gasteiger charge is 2.23. The molecule has 27 heavy (non-hydrogen) atoms. The molecule has 0 aliphatic heterocycles. The van der Waals surface area contributed by atoms with Crippen molar-refractivity contribution >= 4 is 23.0 Å². The number of nitrogens with zero attached hydrogens (tertiary/aromatic N) is 5. The first kappa shape index (κ1) is 18.7. The Morgan fingerprint density at radius 2 is 1.74 bits per heavy atom. The van der Waals surface area contributed by atoms with Crippen molar-refractivity contribution in [1.82, 2.24) is 25.1 Å². The molecule has 0 aliphatic rings. The number of Topliss-reactive ketones (excluding diaryl/α,β-unsaturated/α-hetero) is 1. The third-order valence-electron chi connectivity index (χ3n) is 3.54. The van der Waals surface area contributed by atoms with Crippen LogP contribution >= 0.6 is 11.6 Å². The van der Waals surface area contributed by atoms with E-state index in [1.54, 1.807) is 43.3 Å². The van der Waals surface area contributed by atoms with Gasteiger partial charge in [-0.15, -0.1) is 5.10 Å². The van der Waals surface area contributed by atoms with E-state index in [1.807, 2.05) is 0 Å². The fourth-order valence-corrected chi connectivity index (χ4v) is 2.55. The second kappa shape index (κ2) is 7.63. The zero-order valence-electron chi connectivity index (χ0n) is 14.4. The Morgan fingerprint density at radius 1 is 1.11 bits per heavy atom. The van der Waals surface area contributed by atoms with E-state index in [9.17, 15) is 13.6 Å². The first-order chi connectivity index (χ1) is 12.8. The first-order valence-electron chi connectivity index (χ1n) is 7.79. The lowest BCUT2D eigenvalue weighted by atomic mass is 10.0. The fraction of sp³-hybridized carbons (Fsp3) is 0.111. The Kier molecular flexibility index (Phi) is 5.27. The predicted molar refractivity (Wildman–Crippen MR) is 96.5 cm³/mol. The summed E-state index contributed by atoms with van der Waals surface area (Å²) in [5.41, 5.74) is 0.499. The highest BCUT2D eigenvalue weighted by Crippen LogP contribution is 2.22. The molecule has 0 N–H and O–H groups in total. The summed E-state index contributed by atoms with van der Waals surface area (Å²) in [6, 6.07) is 9.30. The summed E-state index contributed by atoms with van der Waals surface area (Å²) in [6.07, 6.45) is 1.49. The number of ketones is 1. The zero-order valence-corrected chi connectivity index (χ0v) is 15.2. The maximum atomic E-state index is 13.6.